The highest BCUT2D eigenvalue weighted by molar-refractivity contribution is 7.12. The van der Waals surface area contributed by atoms with E-state index >= 15 is 0 Å². The van der Waals surface area contributed by atoms with Crippen molar-refractivity contribution in [3.8, 4) is 0 Å². The topological polar surface area (TPSA) is 0 Å². The van der Waals surface area contributed by atoms with E-state index in [9.17, 15) is 0 Å². The third-order valence-corrected chi connectivity index (χ3v) is 10.5. The molecule has 0 aliphatic carbocycles. The van der Waals surface area contributed by atoms with Gasteiger partial charge in [0.15, 0.2) is 0 Å². The van der Waals surface area contributed by atoms with Crippen LogP contribution in [0.25, 0.3) is 0 Å². The van der Waals surface area contributed by atoms with E-state index in [0.717, 1.165) is 0 Å². The van der Waals surface area contributed by atoms with E-state index in [4.69, 9.17) is 0 Å². The molecule has 0 saturated heterocycles. The van der Waals surface area contributed by atoms with Crippen LogP contribution in [-0.2, 0) is 6.04 Å². The minimum absolute atomic E-state index is 0.934. The highest BCUT2D eigenvalue weighted by Gasteiger charge is 2.27. The molecule has 0 aromatic carbocycles. The van der Waals surface area contributed by atoms with Crippen molar-refractivity contribution in [1.29, 1.82) is 0 Å². The predicted molar refractivity (Wildman–Crippen MR) is 70.0 cm³/mol. The lowest BCUT2D eigenvalue weighted by Gasteiger charge is -2.27. The van der Waals surface area contributed by atoms with Crippen molar-refractivity contribution in [3.63, 3.8) is 0 Å². The Morgan fingerprint density at radius 1 is 1.07 bits per heavy atom. The maximum absolute atomic E-state index is 2.39. The molecule has 14 heavy (non-hydrogen) atoms. The van der Waals surface area contributed by atoms with Crippen molar-refractivity contribution in [2.45, 2.75) is 51.9 Å². The van der Waals surface area contributed by atoms with Crippen LogP contribution in [0.15, 0.2) is 12.1 Å². The van der Waals surface area contributed by atoms with Crippen LogP contribution in [0.3, 0.4) is 0 Å². The summed E-state index contributed by atoms with van der Waals surface area (Å²) in [6.45, 7) is 9.38. The van der Waals surface area contributed by atoms with Crippen LogP contribution >= 0.6 is 11.3 Å². The summed E-state index contributed by atoms with van der Waals surface area (Å²) in [7, 11) is -0.934. The average Bonchev–Trinajstić information content (AvgIpc) is 2.61. The summed E-state index contributed by atoms with van der Waals surface area (Å²) < 4.78 is 0. The van der Waals surface area contributed by atoms with Crippen molar-refractivity contribution in [2.24, 2.45) is 0 Å². The molecular weight excluding hydrogens is 204 g/mol. The summed E-state index contributed by atoms with van der Waals surface area (Å²) in [4.78, 5) is 3.09. The molecule has 0 fully saturated rings. The summed E-state index contributed by atoms with van der Waals surface area (Å²) in [6.07, 6.45) is 0. The molecule has 0 radical (unpaired) electrons. The fourth-order valence-electron chi connectivity index (χ4n) is 2.07. The van der Waals surface area contributed by atoms with Crippen LogP contribution in [-0.4, -0.2) is 8.07 Å². The number of rotatable bonds is 5. The van der Waals surface area contributed by atoms with E-state index in [0.29, 0.717) is 0 Å². The van der Waals surface area contributed by atoms with Crippen molar-refractivity contribution >= 4 is 19.4 Å². The minimum atomic E-state index is -0.934. The quantitative estimate of drug-likeness (QED) is 0.641. The first-order valence-electron chi connectivity index (χ1n) is 5.71. The van der Waals surface area contributed by atoms with Crippen LogP contribution in [0.4, 0.5) is 0 Å². The Hall–Kier alpha value is -0.0831. The van der Waals surface area contributed by atoms with Gasteiger partial charge >= 0.3 is 0 Å². The van der Waals surface area contributed by atoms with Crippen molar-refractivity contribution in [2.75, 3.05) is 0 Å². The van der Waals surface area contributed by atoms with Crippen LogP contribution in [0.2, 0.25) is 18.1 Å². The first-order valence-corrected chi connectivity index (χ1v) is 9.35. The summed E-state index contributed by atoms with van der Waals surface area (Å²) in [5.74, 6) is 0. The zero-order valence-corrected chi connectivity index (χ0v) is 11.7. The molecule has 0 aliphatic rings. The van der Waals surface area contributed by atoms with Crippen LogP contribution < -0.4 is 0 Å². The van der Waals surface area contributed by atoms with Gasteiger partial charge in [0.25, 0.3) is 0 Å². The monoisotopic (exact) mass is 226 g/mol. The van der Waals surface area contributed by atoms with E-state index in [1.54, 1.807) is 4.88 Å². The number of hydrogen-bond acceptors (Lipinski definition) is 1. The SMILES string of the molecule is CC[Si](CC)(CC)Cc1ccc(C)s1. The maximum atomic E-state index is 2.39. The molecule has 0 atom stereocenters. The molecule has 2 heteroatoms. The highest BCUT2D eigenvalue weighted by Crippen LogP contribution is 2.28. The minimum Gasteiger partial charge on any atom is -0.146 e. The predicted octanol–water partition coefficient (Wildman–Crippen LogP) is 4.65. The Morgan fingerprint density at radius 2 is 1.64 bits per heavy atom. The summed E-state index contributed by atoms with van der Waals surface area (Å²) >= 11 is 2.00. The molecule has 80 valence electrons. The van der Waals surface area contributed by atoms with Gasteiger partial charge in [-0.15, -0.1) is 11.3 Å². The third kappa shape index (κ3) is 2.70. The molecule has 0 unspecified atom stereocenters. The standard InChI is InChI=1S/C12H22SSi/c1-5-14(6-2,7-3)10-12-9-8-11(4)13-12/h8-9H,5-7,10H2,1-4H3. The van der Waals surface area contributed by atoms with Gasteiger partial charge in [-0.3, -0.25) is 0 Å². The van der Waals surface area contributed by atoms with Gasteiger partial charge in [-0.1, -0.05) is 38.9 Å². The van der Waals surface area contributed by atoms with Gasteiger partial charge in [-0.2, -0.15) is 0 Å². The summed E-state index contributed by atoms with van der Waals surface area (Å²) in [5.41, 5.74) is 0. The number of thiophene rings is 1. The van der Waals surface area contributed by atoms with E-state index in [-0.39, 0.29) is 0 Å². The lowest BCUT2D eigenvalue weighted by atomic mass is 10.5. The molecule has 1 rings (SSSR count). The molecule has 1 aromatic heterocycles. The zero-order valence-electron chi connectivity index (χ0n) is 9.89. The van der Waals surface area contributed by atoms with E-state index in [1.165, 1.54) is 29.1 Å². The molecule has 0 aliphatic heterocycles. The molecule has 0 amide bonds. The van der Waals surface area contributed by atoms with E-state index in [2.05, 4.69) is 39.8 Å². The Bertz CT molecular complexity index is 265. The van der Waals surface area contributed by atoms with Crippen LogP contribution in [0, 0.1) is 6.92 Å². The second-order valence-electron chi connectivity index (χ2n) is 4.25. The zero-order chi connectivity index (χ0) is 10.6. The van der Waals surface area contributed by atoms with E-state index in [1.807, 2.05) is 11.3 Å². The number of hydrogen-bond donors (Lipinski definition) is 0. The molecule has 0 bridgehead atoms. The second kappa shape index (κ2) is 5.13. The second-order valence-corrected chi connectivity index (χ2v) is 11.1. The van der Waals surface area contributed by atoms with Gasteiger partial charge in [0.1, 0.15) is 0 Å². The van der Waals surface area contributed by atoms with Gasteiger partial charge in [0.05, 0.1) is 8.07 Å². The van der Waals surface area contributed by atoms with Gasteiger partial charge in [0.2, 0.25) is 0 Å². The summed E-state index contributed by atoms with van der Waals surface area (Å²) in [5, 5.41) is 0. The molecule has 0 N–H and O–H groups in total. The van der Waals surface area contributed by atoms with Crippen molar-refractivity contribution in [1.82, 2.24) is 0 Å². The lowest BCUT2D eigenvalue weighted by molar-refractivity contribution is 1.11. The van der Waals surface area contributed by atoms with Gasteiger partial charge in [-0.25, -0.2) is 0 Å². The van der Waals surface area contributed by atoms with Crippen molar-refractivity contribution in [3.05, 3.63) is 21.9 Å². The fourth-order valence-corrected chi connectivity index (χ4v) is 7.07. The van der Waals surface area contributed by atoms with Gasteiger partial charge in [-0.05, 0) is 25.1 Å². The molecule has 0 saturated carbocycles. The molecule has 0 spiro atoms. The Labute approximate surface area is 93.4 Å². The summed E-state index contributed by atoms with van der Waals surface area (Å²) in [6, 6.07) is 10.3. The van der Waals surface area contributed by atoms with Crippen LogP contribution in [0.1, 0.15) is 30.5 Å². The van der Waals surface area contributed by atoms with E-state index < -0.39 is 8.07 Å². The maximum Gasteiger partial charge on any atom is 0.0580 e. The largest absolute Gasteiger partial charge is 0.146 e. The highest BCUT2D eigenvalue weighted by atomic mass is 32.1. The van der Waals surface area contributed by atoms with Crippen molar-refractivity contribution < 1.29 is 0 Å². The Kier molecular flexibility index (Phi) is 4.39. The van der Waals surface area contributed by atoms with Crippen LogP contribution in [0.5, 0.6) is 0 Å². The Morgan fingerprint density at radius 3 is 2.00 bits per heavy atom. The first kappa shape index (κ1) is 12.0. The molecule has 1 heterocycles. The third-order valence-electron chi connectivity index (χ3n) is 3.60. The molecular formula is C12H22SSi. The Balaban J connectivity index is 2.73. The molecule has 0 nitrogen and oxygen atoms in total. The fraction of sp³-hybridized carbons (Fsp3) is 0.667. The van der Waals surface area contributed by atoms with Gasteiger partial charge in [0, 0.05) is 9.75 Å². The lowest BCUT2D eigenvalue weighted by Crippen LogP contribution is -2.34. The smallest absolute Gasteiger partial charge is 0.0580 e. The normalized spacial score (nSPS) is 12.0. The van der Waals surface area contributed by atoms with Gasteiger partial charge < -0.3 is 0 Å². The molecule has 1 aromatic rings. The first-order chi connectivity index (χ1) is 6.65. The average molecular weight is 226 g/mol. The number of aryl methyl sites for hydroxylation is 1.